The van der Waals surface area contributed by atoms with E-state index in [0.29, 0.717) is 13.1 Å². The molecule has 0 saturated heterocycles. The summed E-state index contributed by atoms with van der Waals surface area (Å²) in [4.78, 5) is 7.14. The summed E-state index contributed by atoms with van der Waals surface area (Å²) in [6.07, 6.45) is 0. The summed E-state index contributed by atoms with van der Waals surface area (Å²) in [5.41, 5.74) is 8.88. The first-order chi connectivity index (χ1) is 8.49. The van der Waals surface area contributed by atoms with E-state index in [4.69, 9.17) is 10.8 Å². The molecule has 1 unspecified atom stereocenters. The second kappa shape index (κ2) is 6.36. The van der Waals surface area contributed by atoms with Crippen LogP contribution in [0.25, 0.3) is 10.4 Å². The van der Waals surface area contributed by atoms with E-state index in [1.165, 1.54) is 0 Å². The molecule has 0 aliphatic rings. The third-order valence-electron chi connectivity index (χ3n) is 2.21. The molecule has 0 saturated carbocycles. The van der Waals surface area contributed by atoms with Crippen LogP contribution in [0, 0.1) is 11.3 Å². The second-order valence-corrected chi connectivity index (χ2v) is 5.66. The molecule has 0 radical (unpaired) electrons. The fourth-order valence-electron chi connectivity index (χ4n) is 1.28. The molecule has 96 valence electrons. The van der Waals surface area contributed by atoms with Crippen molar-refractivity contribution in [1.29, 1.82) is 5.26 Å². The van der Waals surface area contributed by atoms with E-state index < -0.39 is 6.04 Å². The van der Waals surface area contributed by atoms with Crippen molar-refractivity contribution in [3.63, 3.8) is 0 Å². The summed E-state index contributed by atoms with van der Waals surface area (Å²) in [6, 6.07) is 1.71. The number of aromatic nitrogens is 1. The van der Waals surface area contributed by atoms with Gasteiger partial charge in [-0.3, -0.25) is 5.32 Å². The summed E-state index contributed by atoms with van der Waals surface area (Å²) in [5.74, 6) is 0. The van der Waals surface area contributed by atoms with E-state index >= 15 is 0 Å². The monoisotopic (exact) mass is 264 g/mol. The lowest BCUT2D eigenvalue weighted by molar-refractivity contribution is 0.573. The number of rotatable bonds is 5. The number of hydrogen-bond acceptors (Lipinski definition) is 5. The topological polar surface area (TPSA) is 97.5 Å². The van der Waals surface area contributed by atoms with Crippen LogP contribution in [0.3, 0.4) is 0 Å². The van der Waals surface area contributed by atoms with Gasteiger partial charge in [0.2, 0.25) is 0 Å². The van der Waals surface area contributed by atoms with Crippen molar-refractivity contribution in [1.82, 2.24) is 10.3 Å². The number of nitriles is 1. The molecule has 18 heavy (non-hydrogen) atoms. The fraction of sp³-hybridized carbons (Fsp3) is 0.636. The third-order valence-corrected chi connectivity index (χ3v) is 3.50. The van der Waals surface area contributed by atoms with Crippen molar-refractivity contribution >= 4 is 11.3 Å². The standard InChI is InChI=1S/C11H16N6S/c1-11(2,3)10-16-9(7-18-10)8(6-12)14-4-5-15-17-13/h7-8,14H,4-5H2,1-3H3. The Hall–Kier alpha value is -1.61. The number of thiazole rings is 1. The highest BCUT2D eigenvalue weighted by Crippen LogP contribution is 2.27. The zero-order valence-corrected chi connectivity index (χ0v) is 11.5. The fourth-order valence-corrected chi connectivity index (χ4v) is 2.22. The van der Waals surface area contributed by atoms with Gasteiger partial charge in [-0.05, 0) is 5.53 Å². The van der Waals surface area contributed by atoms with Gasteiger partial charge in [0.05, 0.1) is 16.8 Å². The van der Waals surface area contributed by atoms with Gasteiger partial charge in [-0.1, -0.05) is 25.9 Å². The molecular weight excluding hydrogens is 248 g/mol. The molecule has 1 aromatic heterocycles. The van der Waals surface area contributed by atoms with Crippen LogP contribution >= 0.6 is 11.3 Å². The van der Waals surface area contributed by atoms with Crippen molar-refractivity contribution in [3.8, 4) is 6.07 Å². The van der Waals surface area contributed by atoms with Gasteiger partial charge in [-0.2, -0.15) is 5.26 Å². The predicted molar refractivity (Wildman–Crippen MR) is 71.2 cm³/mol. The molecule has 0 aliphatic heterocycles. The first-order valence-corrected chi connectivity index (χ1v) is 6.46. The molecule has 1 aromatic rings. The highest BCUT2D eigenvalue weighted by Gasteiger charge is 2.20. The summed E-state index contributed by atoms with van der Waals surface area (Å²) < 4.78 is 0. The highest BCUT2D eigenvalue weighted by molar-refractivity contribution is 7.09. The quantitative estimate of drug-likeness (QED) is 0.383. The Bertz CT molecular complexity index is 474. The smallest absolute Gasteiger partial charge is 0.139 e. The highest BCUT2D eigenvalue weighted by atomic mass is 32.1. The molecule has 1 N–H and O–H groups in total. The van der Waals surface area contributed by atoms with Crippen LogP contribution < -0.4 is 5.32 Å². The van der Waals surface area contributed by atoms with Crippen LogP contribution in [-0.4, -0.2) is 18.1 Å². The molecule has 0 aromatic carbocycles. The molecule has 6 nitrogen and oxygen atoms in total. The van der Waals surface area contributed by atoms with Gasteiger partial charge < -0.3 is 0 Å². The average molecular weight is 264 g/mol. The molecule has 0 fully saturated rings. The largest absolute Gasteiger partial charge is 0.297 e. The SMILES string of the molecule is CC(C)(C)c1nc(C(C#N)NCCN=[N+]=[N-])cs1. The Kier molecular flexibility index (Phi) is 5.10. The molecule has 0 spiro atoms. The van der Waals surface area contributed by atoms with Gasteiger partial charge in [0, 0.05) is 28.8 Å². The van der Waals surface area contributed by atoms with Crippen LogP contribution in [-0.2, 0) is 5.41 Å². The zero-order chi connectivity index (χ0) is 13.6. The maximum absolute atomic E-state index is 9.10. The number of hydrogen-bond donors (Lipinski definition) is 1. The molecule has 0 aliphatic carbocycles. The molecule has 1 rings (SSSR count). The lowest BCUT2D eigenvalue weighted by Crippen LogP contribution is -2.23. The van der Waals surface area contributed by atoms with Crippen LogP contribution in [0.1, 0.15) is 37.5 Å². The molecular formula is C11H16N6S. The Morgan fingerprint density at radius 2 is 2.39 bits per heavy atom. The normalized spacial score (nSPS) is 12.6. The Balaban J connectivity index is 2.69. The van der Waals surface area contributed by atoms with Gasteiger partial charge in [0.1, 0.15) is 6.04 Å². The maximum Gasteiger partial charge on any atom is 0.139 e. The molecule has 1 heterocycles. The summed E-state index contributed by atoms with van der Waals surface area (Å²) >= 11 is 1.56. The van der Waals surface area contributed by atoms with Crippen LogP contribution in [0.2, 0.25) is 0 Å². The minimum atomic E-state index is -0.453. The predicted octanol–water partition coefficient (Wildman–Crippen LogP) is 2.91. The van der Waals surface area contributed by atoms with E-state index in [9.17, 15) is 0 Å². The van der Waals surface area contributed by atoms with Gasteiger partial charge >= 0.3 is 0 Å². The Labute approximate surface area is 110 Å². The lowest BCUT2D eigenvalue weighted by atomic mass is 9.98. The van der Waals surface area contributed by atoms with E-state index in [2.05, 4.69) is 47.2 Å². The molecule has 0 bridgehead atoms. The zero-order valence-electron chi connectivity index (χ0n) is 10.7. The van der Waals surface area contributed by atoms with Crippen LogP contribution in [0.4, 0.5) is 0 Å². The maximum atomic E-state index is 9.10. The van der Waals surface area contributed by atoms with Crippen LogP contribution in [0.15, 0.2) is 10.5 Å². The van der Waals surface area contributed by atoms with Gasteiger partial charge in [0.25, 0.3) is 0 Å². The number of nitrogens with one attached hydrogen (secondary N) is 1. The number of azide groups is 1. The first kappa shape index (κ1) is 14.5. The molecule has 7 heteroatoms. The molecule has 0 amide bonds. The Morgan fingerprint density at radius 3 is 2.89 bits per heavy atom. The Morgan fingerprint density at radius 1 is 1.67 bits per heavy atom. The van der Waals surface area contributed by atoms with Gasteiger partial charge in [-0.25, -0.2) is 4.98 Å². The third kappa shape index (κ3) is 4.00. The average Bonchev–Trinajstić information content (AvgIpc) is 2.78. The van der Waals surface area contributed by atoms with Crippen molar-refractivity contribution in [2.75, 3.05) is 13.1 Å². The minimum Gasteiger partial charge on any atom is -0.297 e. The van der Waals surface area contributed by atoms with Crippen LogP contribution in [0.5, 0.6) is 0 Å². The lowest BCUT2D eigenvalue weighted by Gasteiger charge is -2.14. The van der Waals surface area contributed by atoms with E-state index in [1.807, 2.05) is 5.38 Å². The van der Waals surface area contributed by atoms with E-state index in [1.54, 1.807) is 11.3 Å². The van der Waals surface area contributed by atoms with Gasteiger partial charge in [-0.15, -0.1) is 11.3 Å². The van der Waals surface area contributed by atoms with E-state index in [-0.39, 0.29) is 5.41 Å². The second-order valence-electron chi connectivity index (χ2n) is 4.80. The first-order valence-electron chi connectivity index (χ1n) is 5.59. The summed E-state index contributed by atoms with van der Waals surface area (Å²) in [5, 5.41) is 18.4. The van der Waals surface area contributed by atoms with Crippen molar-refractivity contribution < 1.29 is 0 Å². The van der Waals surface area contributed by atoms with Crippen molar-refractivity contribution in [2.24, 2.45) is 5.11 Å². The minimum absolute atomic E-state index is 0.00593. The summed E-state index contributed by atoms with van der Waals surface area (Å²) in [6.45, 7) is 7.06. The van der Waals surface area contributed by atoms with E-state index in [0.717, 1.165) is 10.7 Å². The summed E-state index contributed by atoms with van der Waals surface area (Å²) in [7, 11) is 0. The van der Waals surface area contributed by atoms with Crippen molar-refractivity contribution in [2.45, 2.75) is 32.2 Å². The van der Waals surface area contributed by atoms with Crippen molar-refractivity contribution in [3.05, 3.63) is 26.5 Å². The number of nitrogens with zero attached hydrogens (tertiary/aromatic N) is 5. The molecule has 1 atom stereocenters. The van der Waals surface area contributed by atoms with Gasteiger partial charge in [0.15, 0.2) is 0 Å².